The van der Waals surface area contributed by atoms with Crippen molar-refractivity contribution >= 4 is 38.5 Å². The summed E-state index contributed by atoms with van der Waals surface area (Å²) < 4.78 is 6.58. The third-order valence-electron chi connectivity index (χ3n) is 4.14. The zero-order valence-electron chi connectivity index (χ0n) is 15.0. The highest BCUT2D eigenvalue weighted by atomic mass is 79.9. The van der Waals surface area contributed by atoms with Crippen molar-refractivity contribution in [3.63, 3.8) is 0 Å². The summed E-state index contributed by atoms with van der Waals surface area (Å²) in [6, 6.07) is 18.8. The number of nitrogens with one attached hydrogen (secondary N) is 2. The molecule has 0 aliphatic rings. The minimum absolute atomic E-state index is 0.383. The summed E-state index contributed by atoms with van der Waals surface area (Å²) in [6.07, 6.45) is -0.766. The summed E-state index contributed by atoms with van der Waals surface area (Å²) in [5.74, 6) is -0.232. The quantitative estimate of drug-likeness (QED) is 0.616. The number of carbonyl (C=O) groups is 2. The molecule has 1 atom stereocenters. The monoisotopic (exact) mass is 426 g/mol. The number of hydrogen-bond acceptors (Lipinski definition) is 3. The molecular formula is C21H19BrN2O3. The van der Waals surface area contributed by atoms with Crippen LogP contribution in [-0.2, 0) is 4.79 Å². The van der Waals surface area contributed by atoms with Crippen molar-refractivity contribution in [3.05, 3.63) is 76.3 Å². The minimum atomic E-state index is -0.766. The summed E-state index contributed by atoms with van der Waals surface area (Å²) in [4.78, 5) is 24.5. The number of amides is 2. The molecule has 2 amide bonds. The number of halogens is 1. The average molecular weight is 427 g/mol. The second-order valence-electron chi connectivity index (χ2n) is 6.17. The van der Waals surface area contributed by atoms with Gasteiger partial charge in [0.05, 0.1) is 0 Å². The first-order valence-electron chi connectivity index (χ1n) is 8.46. The van der Waals surface area contributed by atoms with Crippen LogP contribution in [0.2, 0.25) is 0 Å². The van der Waals surface area contributed by atoms with Gasteiger partial charge in [-0.05, 0) is 60.5 Å². The minimum Gasteiger partial charge on any atom is -0.481 e. The summed E-state index contributed by atoms with van der Waals surface area (Å²) in [5, 5.41) is 2.13. The van der Waals surface area contributed by atoms with Crippen molar-refractivity contribution in [2.75, 3.05) is 0 Å². The Bertz CT molecular complexity index is 1000. The van der Waals surface area contributed by atoms with Gasteiger partial charge < -0.3 is 4.74 Å². The normalized spacial score (nSPS) is 11.7. The first-order chi connectivity index (χ1) is 12.9. The Labute approximate surface area is 165 Å². The lowest BCUT2D eigenvalue weighted by Crippen LogP contribution is -2.47. The maximum Gasteiger partial charge on any atom is 0.279 e. The molecule has 0 heterocycles. The number of fused-ring (bicyclic) bond motifs is 1. The summed E-state index contributed by atoms with van der Waals surface area (Å²) in [6.45, 7) is 3.45. The molecule has 2 N–H and O–H groups in total. The van der Waals surface area contributed by atoms with Crippen molar-refractivity contribution in [1.29, 1.82) is 0 Å². The highest BCUT2D eigenvalue weighted by molar-refractivity contribution is 9.10. The first kappa shape index (κ1) is 18.9. The molecule has 27 heavy (non-hydrogen) atoms. The topological polar surface area (TPSA) is 67.4 Å². The van der Waals surface area contributed by atoms with Gasteiger partial charge in [-0.2, -0.15) is 0 Å². The fourth-order valence-corrected chi connectivity index (χ4v) is 3.14. The summed E-state index contributed by atoms with van der Waals surface area (Å²) in [7, 11) is 0. The van der Waals surface area contributed by atoms with Crippen molar-refractivity contribution in [3.8, 4) is 5.75 Å². The maximum atomic E-state index is 12.2. The Kier molecular flexibility index (Phi) is 5.76. The molecule has 1 unspecified atom stereocenters. The smallest absolute Gasteiger partial charge is 0.279 e. The number of benzene rings is 3. The first-order valence-corrected chi connectivity index (χ1v) is 9.25. The molecule has 0 aliphatic carbocycles. The van der Waals surface area contributed by atoms with Crippen molar-refractivity contribution in [2.24, 2.45) is 0 Å². The molecule has 0 saturated carbocycles. The molecule has 0 radical (unpaired) electrons. The van der Waals surface area contributed by atoms with E-state index < -0.39 is 12.0 Å². The van der Waals surface area contributed by atoms with Gasteiger partial charge in [0.2, 0.25) is 0 Å². The largest absolute Gasteiger partial charge is 0.481 e. The Morgan fingerprint density at radius 3 is 2.44 bits per heavy atom. The number of aryl methyl sites for hydroxylation is 1. The maximum absolute atomic E-state index is 12.2. The molecule has 5 nitrogen and oxygen atoms in total. The predicted molar refractivity (Wildman–Crippen MR) is 109 cm³/mol. The summed E-state index contributed by atoms with van der Waals surface area (Å²) in [5.41, 5.74) is 6.12. The third-order valence-corrected chi connectivity index (χ3v) is 4.63. The number of hydrazine groups is 1. The zero-order valence-corrected chi connectivity index (χ0v) is 16.5. The molecule has 3 aromatic rings. The Balaban J connectivity index is 1.59. The number of hydrogen-bond donors (Lipinski definition) is 2. The van der Waals surface area contributed by atoms with Crippen molar-refractivity contribution in [1.82, 2.24) is 10.9 Å². The van der Waals surface area contributed by atoms with Crippen LogP contribution in [0.25, 0.3) is 10.8 Å². The summed E-state index contributed by atoms with van der Waals surface area (Å²) >= 11 is 3.36. The van der Waals surface area contributed by atoms with E-state index in [-0.39, 0.29) is 5.91 Å². The molecule has 3 rings (SSSR count). The zero-order chi connectivity index (χ0) is 19.4. The third kappa shape index (κ3) is 4.65. The van der Waals surface area contributed by atoms with Gasteiger partial charge in [0.15, 0.2) is 6.10 Å². The molecule has 0 aromatic heterocycles. The van der Waals surface area contributed by atoms with Gasteiger partial charge in [0.25, 0.3) is 11.8 Å². The highest BCUT2D eigenvalue weighted by Gasteiger charge is 2.17. The standard InChI is InChI=1S/C21H19BrN2O3/c1-13-11-17(22)8-10-19(13)21(26)24-23-20(25)14(2)27-18-9-7-15-5-3-4-6-16(15)12-18/h3-12,14H,1-2H3,(H,23,25)(H,24,26). The van der Waals surface area contributed by atoms with E-state index in [0.717, 1.165) is 20.8 Å². The highest BCUT2D eigenvalue weighted by Crippen LogP contribution is 2.21. The van der Waals surface area contributed by atoms with Gasteiger partial charge in [0.1, 0.15) is 5.75 Å². The molecule has 0 spiro atoms. The second-order valence-corrected chi connectivity index (χ2v) is 7.09. The van der Waals surface area contributed by atoms with E-state index in [1.165, 1.54) is 0 Å². The number of rotatable bonds is 4. The fraction of sp³-hybridized carbons (Fsp3) is 0.143. The molecule has 0 bridgehead atoms. The molecular weight excluding hydrogens is 408 g/mol. The predicted octanol–water partition coefficient (Wildman–Crippen LogP) is 4.14. The van der Waals surface area contributed by atoms with Gasteiger partial charge >= 0.3 is 0 Å². The SMILES string of the molecule is Cc1cc(Br)ccc1C(=O)NNC(=O)C(C)Oc1ccc2ccccc2c1. The van der Waals surface area contributed by atoms with Crippen LogP contribution in [0.4, 0.5) is 0 Å². The van der Waals surface area contributed by atoms with Gasteiger partial charge in [-0.25, -0.2) is 0 Å². The van der Waals surface area contributed by atoms with E-state index in [1.807, 2.05) is 55.5 Å². The van der Waals surface area contributed by atoms with Crippen molar-refractivity contribution < 1.29 is 14.3 Å². The lowest BCUT2D eigenvalue weighted by Gasteiger charge is -2.16. The average Bonchev–Trinajstić information content (AvgIpc) is 2.65. The van der Waals surface area contributed by atoms with Crippen LogP contribution in [0.5, 0.6) is 5.75 Å². The molecule has 138 valence electrons. The van der Waals surface area contributed by atoms with Crippen LogP contribution in [0.15, 0.2) is 65.1 Å². The van der Waals surface area contributed by atoms with Crippen LogP contribution < -0.4 is 15.6 Å². The lowest BCUT2D eigenvalue weighted by molar-refractivity contribution is -0.128. The lowest BCUT2D eigenvalue weighted by atomic mass is 10.1. The Morgan fingerprint density at radius 2 is 1.70 bits per heavy atom. The van der Waals surface area contributed by atoms with Crippen molar-refractivity contribution in [2.45, 2.75) is 20.0 Å². The van der Waals surface area contributed by atoms with Crippen LogP contribution in [0.1, 0.15) is 22.8 Å². The number of carbonyl (C=O) groups excluding carboxylic acids is 2. The van der Waals surface area contributed by atoms with Gasteiger partial charge in [0, 0.05) is 10.0 Å². The Hall–Kier alpha value is -2.86. The molecule has 0 aliphatic heterocycles. The fourth-order valence-electron chi connectivity index (χ4n) is 2.67. The van der Waals surface area contributed by atoms with E-state index in [0.29, 0.717) is 11.3 Å². The molecule has 0 saturated heterocycles. The molecule has 0 fully saturated rings. The van der Waals surface area contributed by atoms with Crippen LogP contribution >= 0.6 is 15.9 Å². The van der Waals surface area contributed by atoms with Gasteiger partial charge in [-0.15, -0.1) is 0 Å². The van der Waals surface area contributed by atoms with Crippen LogP contribution in [0, 0.1) is 6.92 Å². The van der Waals surface area contributed by atoms with E-state index in [4.69, 9.17) is 4.74 Å². The Morgan fingerprint density at radius 1 is 0.963 bits per heavy atom. The van der Waals surface area contributed by atoms with E-state index in [2.05, 4.69) is 26.8 Å². The van der Waals surface area contributed by atoms with Crippen LogP contribution in [0.3, 0.4) is 0 Å². The van der Waals surface area contributed by atoms with Crippen LogP contribution in [-0.4, -0.2) is 17.9 Å². The molecule has 3 aromatic carbocycles. The van der Waals surface area contributed by atoms with E-state index in [1.54, 1.807) is 19.1 Å². The second kappa shape index (κ2) is 8.22. The van der Waals surface area contributed by atoms with E-state index in [9.17, 15) is 9.59 Å². The number of ether oxygens (including phenoxy) is 1. The van der Waals surface area contributed by atoms with Gasteiger partial charge in [-0.3, -0.25) is 20.4 Å². The van der Waals surface area contributed by atoms with E-state index >= 15 is 0 Å². The molecule has 6 heteroatoms. The van der Waals surface area contributed by atoms with Gasteiger partial charge in [-0.1, -0.05) is 46.3 Å².